The molecule has 0 bridgehead atoms. The molecule has 0 N–H and O–H groups in total. The van der Waals surface area contributed by atoms with Crippen molar-refractivity contribution < 1.29 is 4.79 Å². The van der Waals surface area contributed by atoms with E-state index in [-0.39, 0.29) is 5.91 Å². The van der Waals surface area contributed by atoms with Crippen LogP contribution in [0, 0.1) is 0 Å². The molecule has 21 heavy (non-hydrogen) atoms. The molecule has 0 saturated carbocycles. The van der Waals surface area contributed by atoms with Crippen molar-refractivity contribution in [2.75, 3.05) is 4.90 Å². The van der Waals surface area contributed by atoms with E-state index in [1.54, 1.807) is 23.4 Å². The molecule has 4 nitrogen and oxygen atoms in total. The van der Waals surface area contributed by atoms with Crippen molar-refractivity contribution in [3.05, 3.63) is 53.3 Å². The number of hydrogen-bond acceptors (Lipinski definition) is 4. The number of amides is 1. The Morgan fingerprint density at radius 1 is 1.38 bits per heavy atom. The van der Waals surface area contributed by atoms with E-state index in [1.807, 2.05) is 24.3 Å². The smallest absolute Gasteiger partial charge is 0.225 e. The van der Waals surface area contributed by atoms with Crippen molar-refractivity contribution in [1.29, 1.82) is 0 Å². The molecule has 0 saturated heterocycles. The van der Waals surface area contributed by atoms with E-state index in [0.717, 1.165) is 15.8 Å². The van der Waals surface area contributed by atoms with E-state index in [4.69, 9.17) is 11.6 Å². The van der Waals surface area contributed by atoms with Gasteiger partial charge in [0, 0.05) is 24.3 Å². The Balaban J connectivity index is 1.97. The van der Waals surface area contributed by atoms with Gasteiger partial charge >= 0.3 is 0 Å². The quantitative estimate of drug-likeness (QED) is 0.736. The Hall–Kier alpha value is -1.98. The second-order valence-corrected chi connectivity index (χ2v) is 6.02. The lowest BCUT2D eigenvalue weighted by molar-refractivity contribution is -0.116. The van der Waals surface area contributed by atoms with Gasteiger partial charge in [0.2, 0.25) is 5.91 Å². The lowest BCUT2D eigenvalue weighted by Crippen LogP contribution is -2.27. The number of nitrogens with zero attached hydrogens (tertiary/aromatic N) is 3. The molecule has 0 aliphatic heterocycles. The van der Waals surface area contributed by atoms with Gasteiger partial charge in [-0.1, -0.05) is 29.0 Å². The van der Waals surface area contributed by atoms with E-state index in [0.29, 0.717) is 16.7 Å². The largest absolute Gasteiger partial charge is 0.284 e. The molecule has 0 aliphatic rings. The second-order valence-electron chi connectivity index (χ2n) is 4.57. The molecule has 2 heterocycles. The van der Waals surface area contributed by atoms with Crippen molar-refractivity contribution in [2.45, 2.75) is 13.5 Å². The number of thiazole rings is 1. The minimum absolute atomic E-state index is 0.0518. The molecule has 0 aliphatic carbocycles. The average molecular weight is 318 g/mol. The van der Waals surface area contributed by atoms with Gasteiger partial charge < -0.3 is 0 Å². The van der Waals surface area contributed by atoms with Crippen molar-refractivity contribution in [1.82, 2.24) is 9.97 Å². The molecule has 3 rings (SSSR count). The summed E-state index contributed by atoms with van der Waals surface area (Å²) >= 11 is 7.45. The second kappa shape index (κ2) is 5.79. The van der Waals surface area contributed by atoms with E-state index in [2.05, 4.69) is 9.97 Å². The summed E-state index contributed by atoms with van der Waals surface area (Å²) in [4.78, 5) is 22.2. The van der Waals surface area contributed by atoms with Crippen LogP contribution in [0.4, 0.5) is 5.13 Å². The predicted molar refractivity (Wildman–Crippen MR) is 85.7 cm³/mol. The predicted octanol–water partition coefficient (Wildman–Crippen LogP) is 3.90. The highest BCUT2D eigenvalue weighted by molar-refractivity contribution is 7.22. The topological polar surface area (TPSA) is 46.1 Å². The van der Waals surface area contributed by atoms with Crippen molar-refractivity contribution in [2.24, 2.45) is 0 Å². The summed E-state index contributed by atoms with van der Waals surface area (Å²) in [6.07, 6.45) is 3.46. The Bertz CT molecular complexity index is 788. The molecule has 0 radical (unpaired) electrons. The van der Waals surface area contributed by atoms with Gasteiger partial charge in [-0.05, 0) is 29.8 Å². The fraction of sp³-hybridized carbons (Fsp3) is 0.133. The zero-order valence-corrected chi connectivity index (χ0v) is 12.9. The summed E-state index contributed by atoms with van der Waals surface area (Å²) in [5.41, 5.74) is 1.81. The van der Waals surface area contributed by atoms with Crippen LogP contribution in [-0.4, -0.2) is 15.9 Å². The zero-order chi connectivity index (χ0) is 14.8. The average Bonchev–Trinajstić information content (AvgIpc) is 2.88. The zero-order valence-electron chi connectivity index (χ0n) is 11.3. The molecule has 1 aromatic carbocycles. The summed E-state index contributed by atoms with van der Waals surface area (Å²) in [6.45, 7) is 1.99. The van der Waals surface area contributed by atoms with Crippen LogP contribution < -0.4 is 4.90 Å². The Morgan fingerprint density at radius 2 is 2.24 bits per heavy atom. The monoisotopic (exact) mass is 317 g/mol. The Kier molecular flexibility index (Phi) is 3.86. The third kappa shape index (κ3) is 3.04. The van der Waals surface area contributed by atoms with Crippen molar-refractivity contribution in [3.8, 4) is 0 Å². The standard InChI is InChI=1S/C15H12ClN3OS/c1-10(20)19(9-11-3-2-6-17-8-11)15-18-13-5-4-12(16)7-14(13)21-15/h2-8H,9H2,1H3. The number of carbonyl (C=O) groups is 1. The fourth-order valence-electron chi connectivity index (χ4n) is 1.99. The molecular formula is C15H12ClN3OS. The number of anilines is 1. The van der Waals surface area contributed by atoms with Crippen LogP contribution in [0.2, 0.25) is 5.02 Å². The van der Waals surface area contributed by atoms with Crippen molar-refractivity contribution >= 4 is 44.2 Å². The van der Waals surface area contributed by atoms with Crippen LogP contribution >= 0.6 is 22.9 Å². The summed E-state index contributed by atoms with van der Waals surface area (Å²) in [5, 5.41) is 1.34. The van der Waals surface area contributed by atoms with Gasteiger partial charge in [0.05, 0.1) is 16.8 Å². The third-order valence-corrected chi connectivity index (χ3v) is 4.29. The van der Waals surface area contributed by atoms with Crippen LogP contribution in [0.25, 0.3) is 10.2 Å². The highest BCUT2D eigenvalue weighted by atomic mass is 35.5. The molecule has 0 fully saturated rings. The first-order valence-electron chi connectivity index (χ1n) is 6.36. The molecule has 106 valence electrons. The van der Waals surface area contributed by atoms with Crippen LogP contribution in [0.5, 0.6) is 0 Å². The maximum Gasteiger partial charge on any atom is 0.225 e. The first-order valence-corrected chi connectivity index (χ1v) is 7.56. The van der Waals surface area contributed by atoms with Gasteiger partial charge in [0.1, 0.15) is 0 Å². The molecule has 3 aromatic rings. The first kappa shape index (κ1) is 14.0. The first-order chi connectivity index (χ1) is 10.1. The van der Waals surface area contributed by atoms with E-state index >= 15 is 0 Å². The van der Waals surface area contributed by atoms with Gasteiger partial charge in [-0.25, -0.2) is 4.98 Å². The minimum Gasteiger partial charge on any atom is -0.284 e. The van der Waals surface area contributed by atoms with Gasteiger partial charge in [-0.15, -0.1) is 0 Å². The third-order valence-electron chi connectivity index (χ3n) is 3.01. The van der Waals surface area contributed by atoms with E-state index < -0.39 is 0 Å². The molecule has 0 unspecified atom stereocenters. The molecule has 1 amide bonds. The number of pyridine rings is 1. The lowest BCUT2D eigenvalue weighted by Gasteiger charge is -2.17. The van der Waals surface area contributed by atoms with Crippen LogP contribution in [-0.2, 0) is 11.3 Å². The number of rotatable bonds is 3. The maximum atomic E-state index is 11.9. The molecule has 0 atom stereocenters. The van der Waals surface area contributed by atoms with Crippen LogP contribution in [0.3, 0.4) is 0 Å². The van der Waals surface area contributed by atoms with Crippen LogP contribution in [0.15, 0.2) is 42.7 Å². The number of fused-ring (bicyclic) bond motifs is 1. The Morgan fingerprint density at radius 3 is 2.95 bits per heavy atom. The maximum absolute atomic E-state index is 11.9. The highest BCUT2D eigenvalue weighted by Gasteiger charge is 2.17. The Labute approximate surface area is 131 Å². The molecule has 6 heteroatoms. The molecule has 2 aromatic heterocycles. The number of halogens is 1. The minimum atomic E-state index is -0.0518. The van der Waals surface area contributed by atoms with Crippen molar-refractivity contribution in [3.63, 3.8) is 0 Å². The lowest BCUT2D eigenvalue weighted by atomic mass is 10.3. The summed E-state index contributed by atoms with van der Waals surface area (Å²) < 4.78 is 0.968. The summed E-state index contributed by atoms with van der Waals surface area (Å²) in [5.74, 6) is -0.0518. The number of benzene rings is 1. The fourth-order valence-corrected chi connectivity index (χ4v) is 3.27. The van der Waals surface area contributed by atoms with Gasteiger partial charge in [0.15, 0.2) is 5.13 Å². The number of hydrogen-bond donors (Lipinski definition) is 0. The van der Waals surface area contributed by atoms with E-state index in [9.17, 15) is 4.79 Å². The van der Waals surface area contributed by atoms with E-state index in [1.165, 1.54) is 18.3 Å². The summed E-state index contributed by atoms with van der Waals surface area (Å²) in [6, 6.07) is 9.31. The van der Waals surface area contributed by atoms with Gasteiger partial charge in [0.25, 0.3) is 0 Å². The molecular weight excluding hydrogens is 306 g/mol. The highest BCUT2D eigenvalue weighted by Crippen LogP contribution is 2.31. The number of carbonyl (C=O) groups excluding carboxylic acids is 1. The van der Waals surface area contributed by atoms with Gasteiger partial charge in [-0.3, -0.25) is 14.7 Å². The van der Waals surface area contributed by atoms with Crippen LogP contribution in [0.1, 0.15) is 12.5 Å². The van der Waals surface area contributed by atoms with Gasteiger partial charge in [-0.2, -0.15) is 0 Å². The normalized spacial score (nSPS) is 10.8. The summed E-state index contributed by atoms with van der Waals surface area (Å²) in [7, 11) is 0. The molecule has 0 spiro atoms. The number of aromatic nitrogens is 2. The SMILES string of the molecule is CC(=O)N(Cc1cccnc1)c1nc2ccc(Cl)cc2s1.